The molecule has 1 atom stereocenters. The van der Waals surface area contributed by atoms with E-state index in [1.165, 1.54) is 12.3 Å². The van der Waals surface area contributed by atoms with E-state index in [1.54, 1.807) is 0 Å². The molecule has 0 radical (unpaired) electrons. The molecule has 5 heteroatoms. The van der Waals surface area contributed by atoms with Crippen molar-refractivity contribution < 1.29 is 9.18 Å². The van der Waals surface area contributed by atoms with Crippen molar-refractivity contribution in [1.82, 2.24) is 10.3 Å². The van der Waals surface area contributed by atoms with Crippen LogP contribution in [0.25, 0.3) is 0 Å². The number of carbonyl (C=O) groups excluding carboxylic acids is 1. The zero-order valence-corrected chi connectivity index (χ0v) is 12.2. The van der Waals surface area contributed by atoms with Gasteiger partial charge < -0.3 is 5.32 Å². The van der Waals surface area contributed by atoms with Gasteiger partial charge in [0.2, 0.25) is 0 Å². The Morgan fingerprint density at radius 1 is 1.50 bits per heavy atom. The minimum Gasteiger partial charge on any atom is -0.351 e. The van der Waals surface area contributed by atoms with Gasteiger partial charge in [-0.25, -0.2) is 4.39 Å². The maximum absolute atomic E-state index is 13.3. The standard InChI is InChI=1S/C13H18BrFN2O/c1-3-9(4-2)11(14)7-17-13(18)10-5-6-16-8-12(10)15/h5-6,8-9,11H,3-4,7H2,1-2H3,(H,17,18). The third-order valence-electron chi connectivity index (χ3n) is 3.03. The summed E-state index contributed by atoms with van der Waals surface area (Å²) in [4.78, 5) is 15.6. The molecular weight excluding hydrogens is 299 g/mol. The van der Waals surface area contributed by atoms with E-state index in [0.29, 0.717) is 12.5 Å². The van der Waals surface area contributed by atoms with Gasteiger partial charge in [-0.3, -0.25) is 9.78 Å². The van der Waals surface area contributed by atoms with Gasteiger partial charge >= 0.3 is 0 Å². The van der Waals surface area contributed by atoms with E-state index >= 15 is 0 Å². The third-order valence-corrected chi connectivity index (χ3v) is 4.11. The molecule has 0 aliphatic rings. The van der Waals surface area contributed by atoms with Crippen molar-refractivity contribution in [3.63, 3.8) is 0 Å². The summed E-state index contributed by atoms with van der Waals surface area (Å²) in [6.07, 6.45) is 4.55. The molecule has 3 nitrogen and oxygen atoms in total. The molecule has 0 aromatic carbocycles. The minimum atomic E-state index is -0.594. The SMILES string of the molecule is CCC(CC)C(Br)CNC(=O)c1ccncc1F. The smallest absolute Gasteiger partial charge is 0.254 e. The number of pyridine rings is 1. The minimum absolute atomic E-state index is 0.0363. The molecule has 1 N–H and O–H groups in total. The van der Waals surface area contributed by atoms with Gasteiger partial charge in [0.05, 0.1) is 11.8 Å². The molecule has 0 bridgehead atoms. The maximum atomic E-state index is 13.3. The summed E-state index contributed by atoms with van der Waals surface area (Å²) in [7, 11) is 0. The van der Waals surface area contributed by atoms with Crippen molar-refractivity contribution >= 4 is 21.8 Å². The average molecular weight is 317 g/mol. The van der Waals surface area contributed by atoms with Crippen molar-refractivity contribution in [3.05, 3.63) is 29.8 Å². The Labute approximate surface area is 115 Å². The Kier molecular flexibility index (Phi) is 6.25. The summed E-state index contributed by atoms with van der Waals surface area (Å²) in [5.74, 6) is -0.485. The molecule has 0 saturated heterocycles. The van der Waals surface area contributed by atoms with Crippen LogP contribution in [-0.2, 0) is 0 Å². The number of aromatic nitrogens is 1. The van der Waals surface area contributed by atoms with Crippen LogP contribution in [-0.4, -0.2) is 22.3 Å². The number of alkyl halides is 1. The molecule has 0 spiro atoms. The number of nitrogens with one attached hydrogen (secondary N) is 1. The molecule has 1 aromatic rings. The van der Waals surface area contributed by atoms with E-state index in [4.69, 9.17) is 0 Å². The van der Waals surface area contributed by atoms with Crippen LogP contribution < -0.4 is 5.32 Å². The summed E-state index contributed by atoms with van der Waals surface area (Å²) in [6, 6.07) is 1.38. The van der Waals surface area contributed by atoms with Gasteiger partial charge in [0.25, 0.3) is 5.91 Å². The van der Waals surface area contributed by atoms with Crippen LogP contribution in [0.5, 0.6) is 0 Å². The number of halogens is 2. The van der Waals surface area contributed by atoms with E-state index in [0.717, 1.165) is 19.0 Å². The Hall–Kier alpha value is -0.970. The quantitative estimate of drug-likeness (QED) is 0.819. The van der Waals surface area contributed by atoms with Crippen molar-refractivity contribution in [2.45, 2.75) is 31.5 Å². The molecule has 1 rings (SSSR count). The maximum Gasteiger partial charge on any atom is 0.254 e. The zero-order chi connectivity index (χ0) is 13.5. The average Bonchev–Trinajstić information content (AvgIpc) is 2.38. The number of nitrogens with zero attached hydrogens (tertiary/aromatic N) is 1. The van der Waals surface area contributed by atoms with Crippen LogP contribution in [0.4, 0.5) is 4.39 Å². The molecule has 1 aromatic heterocycles. The van der Waals surface area contributed by atoms with Crippen molar-refractivity contribution in [1.29, 1.82) is 0 Å². The Bertz CT molecular complexity index is 396. The number of rotatable bonds is 6. The van der Waals surface area contributed by atoms with Gasteiger partial charge in [-0.1, -0.05) is 42.6 Å². The van der Waals surface area contributed by atoms with Crippen LogP contribution in [0.2, 0.25) is 0 Å². The summed E-state index contributed by atoms with van der Waals surface area (Å²) in [6.45, 7) is 4.73. The molecule has 1 heterocycles. The lowest BCUT2D eigenvalue weighted by molar-refractivity contribution is 0.0948. The van der Waals surface area contributed by atoms with Crippen LogP contribution in [0, 0.1) is 11.7 Å². The Morgan fingerprint density at radius 3 is 2.72 bits per heavy atom. The van der Waals surface area contributed by atoms with Crippen molar-refractivity contribution in [2.24, 2.45) is 5.92 Å². The van der Waals surface area contributed by atoms with Gasteiger partial charge in [0.15, 0.2) is 5.82 Å². The van der Waals surface area contributed by atoms with E-state index < -0.39 is 11.7 Å². The highest BCUT2D eigenvalue weighted by Gasteiger charge is 2.17. The predicted molar refractivity (Wildman–Crippen MR) is 73.3 cm³/mol. The second kappa shape index (κ2) is 7.46. The summed E-state index contributed by atoms with van der Waals surface area (Å²) in [5.41, 5.74) is 0.0363. The lowest BCUT2D eigenvalue weighted by atomic mass is 9.99. The van der Waals surface area contributed by atoms with E-state index in [9.17, 15) is 9.18 Å². The monoisotopic (exact) mass is 316 g/mol. The third kappa shape index (κ3) is 4.05. The van der Waals surface area contributed by atoms with Gasteiger partial charge in [0.1, 0.15) is 0 Å². The molecule has 1 amide bonds. The second-order valence-corrected chi connectivity index (χ2v) is 5.33. The van der Waals surface area contributed by atoms with Crippen molar-refractivity contribution in [3.8, 4) is 0 Å². The number of amides is 1. The Morgan fingerprint density at radius 2 is 2.17 bits per heavy atom. The molecule has 100 valence electrons. The molecule has 0 fully saturated rings. The van der Waals surface area contributed by atoms with Gasteiger partial charge in [-0.05, 0) is 12.0 Å². The number of carbonyl (C=O) groups is 1. The fourth-order valence-electron chi connectivity index (χ4n) is 1.81. The molecular formula is C13H18BrFN2O. The number of hydrogen-bond acceptors (Lipinski definition) is 2. The first-order chi connectivity index (χ1) is 8.60. The molecule has 18 heavy (non-hydrogen) atoms. The predicted octanol–water partition coefficient (Wildman–Crippen LogP) is 3.15. The fraction of sp³-hybridized carbons (Fsp3) is 0.538. The fourth-order valence-corrected chi connectivity index (χ4v) is 2.72. The summed E-state index contributed by atoms with van der Waals surface area (Å²) in [5, 5.41) is 2.74. The highest BCUT2D eigenvalue weighted by Crippen LogP contribution is 2.19. The molecule has 0 aliphatic carbocycles. The highest BCUT2D eigenvalue weighted by molar-refractivity contribution is 9.09. The molecule has 1 unspecified atom stereocenters. The largest absolute Gasteiger partial charge is 0.351 e. The highest BCUT2D eigenvalue weighted by atomic mass is 79.9. The number of hydrogen-bond donors (Lipinski definition) is 1. The molecule has 0 aliphatic heterocycles. The topological polar surface area (TPSA) is 42.0 Å². The zero-order valence-electron chi connectivity index (χ0n) is 10.6. The van der Waals surface area contributed by atoms with Crippen molar-refractivity contribution in [2.75, 3.05) is 6.54 Å². The lowest BCUT2D eigenvalue weighted by Crippen LogP contribution is -2.33. The van der Waals surface area contributed by atoms with E-state index in [1.807, 2.05) is 0 Å². The summed E-state index contributed by atoms with van der Waals surface area (Å²) >= 11 is 3.56. The Balaban J connectivity index is 2.54. The van der Waals surface area contributed by atoms with E-state index in [2.05, 4.69) is 40.1 Å². The van der Waals surface area contributed by atoms with Gasteiger partial charge in [-0.2, -0.15) is 0 Å². The lowest BCUT2D eigenvalue weighted by Gasteiger charge is -2.19. The van der Waals surface area contributed by atoms with Gasteiger partial charge in [0, 0.05) is 17.6 Å². The molecule has 0 saturated carbocycles. The second-order valence-electron chi connectivity index (χ2n) is 4.16. The van der Waals surface area contributed by atoms with Crippen LogP contribution in [0.3, 0.4) is 0 Å². The van der Waals surface area contributed by atoms with Gasteiger partial charge in [-0.15, -0.1) is 0 Å². The van der Waals surface area contributed by atoms with Crippen LogP contribution >= 0.6 is 15.9 Å². The first-order valence-corrected chi connectivity index (χ1v) is 7.03. The summed E-state index contributed by atoms with van der Waals surface area (Å²) < 4.78 is 13.3. The first-order valence-electron chi connectivity index (χ1n) is 6.11. The van der Waals surface area contributed by atoms with E-state index in [-0.39, 0.29) is 10.4 Å². The van der Waals surface area contributed by atoms with Crippen LogP contribution in [0.15, 0.2) is 18.5 Å². The first kappa shape index (κ1) is 15.1. The van der Waals surface area contributed by atoms with Crippen LogP contribution in [0.1, 0.15) is 37.0 Å². The normalized spacial score (nSPS) is 12.5.